The fourth-order valence-electron chi connectivity index (χ4n) is 4.16. The number of hydrogen-bond acceptors (Lipinski definition) is 6. The van der Waals surface area contributed by atoms with Gasteiger partial charge in [-0.3, -0.25) is 4.98 Å². The first-order chi connectivity index (χ1) is 17.4. The Labute approximate surface area is 206 Å². The van der Waals surface area contributed by atoms with Crippen LogP contribution in [0.2, 0.25) is 0 Å². The summed E-state index contributed by atoms with van der Waals surface area (Å²) >= 11 is 0. The zero-order valence-corrected chi connectivity index (χ0v) is 19.7. The van der Waals surface area contributed by atoms with Crippen LogP contribution in [0, 0.1) is 6.92 Å². The van der Waals surface area contributed by atoms with Crippen molar-refractivity contribution in [1.29, 1.82) is 0 Å². The number of ether oxygens (including phenoxy) is 2. The topological polar surface area (TPSA) is 69.2 Å². The lowest BCUT2D eigenvalue weighted by molar-refractivity contribution is -0.170. The maximum absolute atomic E-state index is 13.0. The molecule has 5 rings (SSSR count). The summed E-state index contributed by atoms with van der Waals surface area (Å²) in [5.74, 6) is 0.924. The molecule has 0 aliphatic carbocycles. The van der Waals surface area contributed by atoms with Gasteiger partial charge in [-0.25, -0.2) is 9.97 Å². The molecule has 3 heterocycles. The summed E-state index contributed by atoms with van der Waals surface area (Å²) < 4.78 is 50.5. The van der Waals surface area contributed by atoms with Gasteiger partial charge in [-0.2, -0.15) is 13.2 Å². The molecule has 0 bridgehead atoms. The number of fused-ring (bicyclic) bond motifs is 1. The molecule has 1 fully saturated rings. The minimum Gasteiger partial charge on any atom is -0.353 e. The van der Waals surface area contributed by atoms with E-state index in [9.17, 15) is 13.2 Å². The van der Waals surface area contributed by atoms with Crippen molar-refractivity contribution in [1.82, 2.24) is 15.0 Å². The summed E-state index contributed by atoms with van der Waals surface area (Å²) in [5, 5.41) is 3.88. The Morgan fingerprint density at radius 3 is 2.61 bits per heavy atom. The molecule has 0 spiro atoms. The van der Waals surface area contributed by atoms with E-state index in [2.05, 4.69) is 15.3 Å². The number of halogens is 3. The summed E-state index contributed by atoms with van der Waals surface area (Å²) in [6, 6.07) is 14.5. The maximum atomic E-state index is 13.0. The Morgan fingerprint density at radius 1 is 1.06 bits per heavy atom. The first kappa shape index (κ1) is 24.1. The van der Waals surface area contributed by atoms with Crippen LogP contribution in [-0.4, -0.2) is 27.8 Å². The minimum atomic E-state index is -4.40. The van der Waals surface area contributed by atoms with Gasteiger partial charge in [-0.15, -0.1) is 0 Å². The van der Waals surface area contributed by atoms with Crippen LogP contribution in [0.5, 0.6) is 0 Å². The number of anilines is 2. The van der Waals surface area contributed by atoms with E-state index in [1.807, 2.05) is 37.3 Å². The van der Waals surface area contributed by atoms with E-state index in [-0.39, 0.29) is 12.9 Å². The van der Waals surface area contributed by atoms with Crippen LogP contribution in [-0.2, 0) is 22.3 Å². The van der Waals surface area contributed by atoms with Crippen molar-refractivity contribution in [2.45, 2.75) is 45.3 Å². The molecule has 1 saturated heterocycles. The van der Waals surface area contributed by atoms with Gasteiger partial charge in [-0.1, -0.05) is 12.1 Å². The second kappa shape index (κ2) is 10.2. The van der Waals surface area contributed by atoms with Gasteiger partial charge in [0.25, 0.3) is 0 Å². The maximum Gasteiger partial charge on any atom is 0.416 e. The molecule has 6 nitrogen and oxygen atoms in total. The lowest BCUT2D eigenvalue weighted by Gasteiger charge is -2.22. The van der Waals surface area contributed by atoms with Crippen LogP contribution in [0.3, 0.4) is 0 Å². The molecule has 4 aromatic rings. The molecule has 0 amide bonds. The van der Waals surface area contributed by atoms with Crippen LogP contribution in [0.4, 0.5) is 24.7 Å². The van der Waals surface area contributed by atoms with Crippen molar-refractivity contribution < 1.29 is 22.6 Å². The van der Waals surface area contributed by atoms with Gasteiger partial charge in [-0.05, 0) is 74.2 Å². The van der Waals surface area contributed by atoms with Crippen molar-refractivity contribution in [2.75, 3.05) is 11.9 Å². The average Bonchev–Trinajstić information content (AvgIpc) is 2.88. The third-order valence-electron chi connectivity index (χ3n) is 6.04. The summed E-state index contributed by atoms with van der Waals surface area (Å²) in [6.07, 6.45) is -0.0842. The number of aromatic nitrogens is 3. The Kier molecular flexibility index (Phi) is 6.84. The Balaban J connectivity index is 1.50. The SMILES string of the molecule is Cc1cccnc1-c1ccc2c(Nc3ccc(C(F)(F)F)cc3)nc(COC3CCCCO3)nc2c1. The number of benzene rings is 2. The summed E-state index contributed by atoms with van der Waals surface area (Å²) in [7, 11) is 0. The van der Waals surface area contributed by atoms with Crippen molar-refractivity contribution in [2.24, 2.45) is 0 Å². The van der Waals surface area contributed by atoms with Gasteiger partial charge in [0.05, 0.1) is 16.8 Å². The van der Waals surface area contributed by atoms with E-state index < -0.39 is 11.7 Å². The van der Waals surface area contributed by atoms with Crippen LogP contribution in [0.25, 0.3) is 22.2 Å². The zero-order chi connectivity index (χ0) is 25.1. The highest BCUT2D eigenvalue weighted by molar-refractivity contribution is 5.93. The highest BCUT2D eigenvalue weighted by Gasteiger charge is 2.30. The molecule has 186 valence electrons. The van der Waals surface area contributed by atoms with Gasteiger partial charge in [0.15, 0.2) is 12.1 Å². The van der Waals surface area contributed by atoms with Crippen LogP contribution < -0.4 is 5.32 Å². The number of rotatable bonds is 6. The second-order valence-corrected chi connectivity index (χ2v) is 8.70. The highest BCUT2D eigenvalue weighted by atomic mass is 19.4. The van der Waals surface area contributed by atoms with Crippen molar-refractivity contribution in [3.8, 4) is 11.3 Å². The van der Waals surface area contributed by atoms with E-state index in [1.165, 1.54) is 12.1 Å². The standard InChI is InChI=1S/C27H25F3N4O2/c1-17-5-4-13-31-25(17)18-7-12-21-22(15-18)33-23(16-36-24-6-2-3-14-35-24)34-26(21)32-20-10-8-19(9-11-20)27(28,29)30/h4-5,7-13,15,24H,2-3,6,14,16H2,1H3,(H,32,33,34). The predicted molar refractivity (Wildman–Crippen MR) is 131 cm³/mol. The van der Waals surface area contributed by atoms with E-state index >= 15 is 0 Å². The fraction of sp³-hybridized carbons (Fsp3) is 0.296. The molecule has 1 aliphatic rings. The Hall–Kier alpha value is -3.56. The monoisotopic (exact) mass is 494 g/mol. The molecule has 1 aliphatic heterocycles. The Bertz CT molecular complexity index is 1350. The van der Waals surface area contributed by atoms with Crippen LogP contribution in [0.15, 0.2) is 60.8 Å². The summed E-state index contributed by atoms with van der Waals surface area (Å²) in [5.41, 5.74) is 3.23. The Morgan fingerprint density at radius 2 is 1.89 bits per heavy atom. The molecule has 9 heteroatoms. The largest absolute Gasteiger partial charge is 0.416 e. The molecule has 1 atom stereocenters. The smallest absolute Gasteiger partial charge is 0.353 e. The second-order valence-electron chi connectivity index (χ2n) is 8.70. The van der Waals surface area contributed by atoms with E-state index in [0.29, 0.717) is 29.5 Å². The highest BCUT2D eigenvalue weighted by Crippen LogP contribution is 2.32. The molecule has 1 unspecified atom stereocenters. The predicted octanol–water partition coefficient (Wildman–Crippen LogP) is 6.81. The van der Waals surface area contributed by atoms with Gasteiger partial charge in [0.2, 0.25) is 0 Å². The van der Waals surface area contributed by atoms with Crippen LogP contribution in [0.1, 0.15) is 36.2 Å². The number of aryl methyl sites for hydroxylation is 1. The van der Waals surface area contributed by atoms with Crippen LogP contribution >= 0.6 is 0 Å². The normalized spacial score (nSPS) is 16.3. The average molecular weight is 495 g/mol. The molecule has 36 heavy (non-hydrogen) atoms. The van der Waals surface area contributed by atoms with Gasteiger partial charge in [0, 0.05) is 29.4 Å². The van der Waals surface area contributed by atoms with Gasteiger partial charge < -0.3 is 14.8 Å². The number of hydrogen-bond donors (Lipinski definition) is 1. The molecule has 0 saturated carbocycles. The van der Waals surface area contributed by atoms with Crippen molar-refractivity contribution >= 4 is 22.4 Å². The zero-order valence-electron chi connectivity index (χ0n) is 19.7. The van der Waals surface area contributed by atoms with E-state index in [1.54, 1.807) is 6.20 Å². The molecule has 2 aromatic carbocycles. The first-order valence-electron chi connectivity index (χ1n) is 11.8. The van der Waals surface area contributed by atoms with Crippen molar-refractivity contribution in [3.63, 3.8) is 0 Å². The first-order valence-corrected chi connectivity index (χ1v) is 11.8. The number of nitrogens with zero attached hydrogens (tertiary/aromatic N) is 3. The minimum absolute atomic E-state index is 0.148. The third kappa shape index (κ3) is 5.47. The van der Waals surface area contributed by atoms with E-state index in [0.717, 1.165) is 53.6 Å². The lowest BCUT2D eigenvalue weighted by Crippen LogP contribution is -2.22. The fourth-order valence-corrected chi connectivity index (χ4v) is 4.16. The molecule has 0 radical (unpaired) electrons. The molecular weight excluding hydrogens is 469 g/mol. The van der Waals surface area contributed by atoms with Crippen molar-refractivity contribution in [3.05, 3.63) is 77.7 Å². The van der Waals surface area contributed by atoms with Gasteiger partial charge >= 0.3 is 6.18 Å². The summed E-state index contributed by atoms with van der Waals surface area (Å²) in [6.45, 7) is 2.81. The quantitative estimate of drug-likeness (QED) is 0.318. The lowest BCUT2D eigenvalue weighted by atomic mass is 10.0. The molecule has 2 aromatic heterocycles. The number of pyridine rings is 1. The number of nitrogens with one attached hydrogen (secondary N) is 1. The summed E-state index contributed by atoms with van der Waals surface area (Å²) in [4.78, 5) is 13.8. The van der Waals surface area contributed by atoms with E-state index in [4.69, 9.17) is 14.5 Å². The number of alkyl halides is 3. The molecular formula is C27H25F3N4O2. The van der Waals surface area contributed by atoms with Gasteiger partial charge in [0.1, 0.15) is 12.4 Å². The molecule has 1 N–H and O–H groups in total. The third-order valence-corrected chi connectivity index (χ3v) is 6.04.